The predicted octanol–water partition coefficient (Wildman–Crippen LogP) is 2.80. The number of amides is 1. The van der Waals surface area contributed by atoms with Crippen LogP contribution < -0.4 is 5.32 Å². The van der Waals surface area contributed by atoms with Crippen molar-refractivity contribution in [3.63, 3.8) is 0 Å². The first-order chi connectivity index (χ1) is 10.3. The van der Waals surface area contributed by atoms with E-state index in [0.717, 1.165) is 50.2 Å². The highest BCUT2D eigenvalue weighted by Crippen LogP contribution is 2.50. The third-order valence-electron chi connectivity index (χ3n) is 6.81. The van der Waals surface area contributed by atoms with Crippen molar-refractivity contribution in [2.45, 2.75) is 63.8 Å². The van der Waals surface area contributed by atoms with Gasteiger partial charge in [-0.05, 0) is 82.2 Å². The van der Waals surface area contributed by atoms with E-state index in [1.165, 1.54) is 44.9 Å². The quantitative estimate of drug-likeness (QED) is 0.867. The van der Waals surface area contributed by atoms with Crippen LogP contribution in [0.25, 0.3) is 0 Å². The molecule has 2 aliphatic carbocycles. The molecule has 2 bridgehead atoms. The van der Waals surface area contributed by atoms with E-state index in [-0.39, 0.29) is 0 Å². The Morgan fingerprint density at radius 1 is 1.05 bits per heavy atom. The van der Waals surface area contributed by atoms with Crippen LogP contribution in [0.3, 0.4) is 0 Å². The molecule has 2 saturated heterocycles. The smallest absolute Gasteiger partial charge is 0.226 e. The Bertz CT molecular complexity index is 391. The van der Waals surface area contributed by atoms with Crippen LogP contribution in [-0.4, -0.2) is 36.5 Å². The zero-order valence-electron chi connectivity index (χ0n) is 13.2. The molecule has 0 aromatic carbocycles. The number of hydrogen-bond donors (Lipinski definition) is 1. The Morgan fingerprint density at radius 2 is 1.90 bits per heavy atom. The Balaban J connectivity index is 1.37. The Morgan fingerprint density at radius 3 is 2.62 bits per heavy atom. The molecule has 1 N–H and O–H groups in total. The van der Waals surface area contributed by atoms with Crippen LogP contribution in [0.5, 0.6) is 0 Å². The molecule has 118 valence electrons. The number of fused-ring (bicyclic) bond motifs is 2. The number of hydrogen-bond acceptors (Lipinski definition) is 2. The van der Waals surface area contributed by atoms with Crippen molar-refractivity contribution >= 4 is 5.91 Å². The average molecular weight is 290 g/mol. The zero-order valence-corrected chi connectivity index (χ0v) is 13.2. The van der Waals surface area contributed by atoms with Crippen LogP contribution in [-0.2, 0) is 4.79 Å². The number of likely N-dealkylation sites (tertiary alicyclic amines) is 1. The molecular formula is C18H30N2O. The molecule has 0 radical (unpaired) electrons. The normalized spacial score (nSPS) is 40.1. The Labute approximate surface area is 128 Å². The average Bonchev–Trinajstić information content (AvgIpc) is 3.24. The van der Waals surface area contributed by atoms with Crippen LogP contribution in [0.15, 0.2) is 0 Å². The summed E-state index contributed by atoms with van der Waals surface area (Å²) in [7, 11) is 0. The van der Waals surface area contributed by atoms with Crippen LogP contribution in [0.4, 0.5) is 0 Å². The Hall–Kier alpha value is -0.570. The minimum absolute atomic E-state index is 0.312. The van der Waals surface area contributed by atoms with Crippen LogP contribution in [0.2, 0.25) is 0 Å². The van der Waals surface area contributed by atoms with Gasteiger partial charge in [-0.3, -0.25) is 4.79 Å². The van der Waals surface area contributed by atoms with Gasteiger partial charge in [0, 0.05) is 18.5 Å². The van der Waals surface area contributed by atoms with Gasteiger partial charge in [0.25, 0.3) is 0 Å². The summed E-state index contributed by atoms with van der Waals surface area (Å²) in [5.74, 6) is 3.78. The summed E-state index contributed by atoms with van der Waals surface area (Å²) in [6, 6.07) is 0.580. The summed E-state index contributed by atoms with van der Waals surface area (Å²) in [6.45, 7) is 3.09. The number of carbonyl (C=O) groups is 1. The summed E-state index contributed by atoms with van der Waals surface area (Å²) >= 11 is 0. The lowest BCUT2D eigenvalue weighted by atomic mass is 9.83. The zero-order chi connectivity index (χ0) is 14.2. The highest BCUT2D eigenvalue weighted by Gasteiger charge is 2.42. The van der Waals surface area contributed by atoms with Gasteiger partial charge in [-0.2, -0.15) is 0 Å². The number of rotatable bonds is 3. The third-order valence-corrected chi connectivity index (χ3v) is 6.81. The van der Waals surface area contributed by atoms with Gasteiger partial charge in [-0.25, -0.2) is 0 Å². The molecule has 3 heteroatoms. The van der Waals surface area contributed by atoms with Crippen molar-refractivity contribution in [1.82, 2.24) is 10.2 Å². The van der Waals surface area contributed by atoms with E-state index >= 15 is 0 Å². The minimum Gasteiger partial charge on any atom is -0.339 e. The van der Waals surface area contributed by atoms with E-state index in [2.05, 4.69) is 10.2 Å². The molecule has 0 aromatic rings. The minimum atomic E-state index is 0.312. The SMILES string of the molecule is O=C(C1CCNCC1)N1CCCC1CC1CC2CCC1C2. The molecule has 4 unspecified atom stereocenters. The number of nitrogens with one attached hydrogen (secondary N) is 1. The van der Waals surface area contributed by atoms with Crippen LogP contribution in [0, 0.1) is 23.7 Å². The van der Waals surface area contributed by atoms with E-state index in [1.807, 2.05) is 0 Å². The first-order valence-corrected chi connectivity index (χ1v) is 9.32. The molecule has 4 aliphatic rings. The van der Waals surface area contributed by atoms with Crippen LogP contribution in [0.1, 0.15) is 57.8 Å². The topological polar surface area (TPSA) is 32.3 Å². The summed E-state index contributed by atoms with van der Waals surface area (Å²) < 4.78 is 0. The molecule has 4 rings (SSSR count). The van der Waals surface area contributed by atoms with E-state index in [9.17, 15) is 4.79 Å². The van der Waals surface area contributed by atoms with Crippen molar-refractivity contribution < 1.29 is 4.79 Å². The van der Waals surface area contributed by atoms with E-state index in [0.29, 0.717) is 17.9 Å². The fourth-order valence-corrected chi connectivity index (χ4v) is 5.69. The standard InChI is InChI=1S/C18H30N2O/c21-18(14-5-7-19-8-6-14)20-9-1-2-17(20)12-16-11-13-3-4-15(16)10-13/h13-17,19H,1-12H2. The van der Waals surface area contributed by atoms with Crippen molar-refractivity contribution in [2.24, 2.45) is 23.7 Å². The lowest BCUT2D eigenvalue weighted by Gasteiger charge is -2.33. The van der Waals surface area contributed by atoms with Gasteiger partial charge >= 0.3 is 0 Å². The molecule has 21 heavy (non-hydrogen) atoms. The lowest BCUT2D eigenvalue weighted by molar-refractivity contribution is -0.137. The van der Waals surface area contributed by atoms with Gasteiger partial charge in [0.15, 0.2) is 0 Å². The molecular weight excluding hydrogens is 260 g/mol. The summed E-state index contributed by atoms with van der Waals surface area (Å²) in [5, 5.41) is 3.38. The Kier molecular flexibility index (Phi) is 3.95. The van der Waals surface area contributed by atoms with E-state index in [4.69, 9.17) is 0 Å². The predicted molar refractivity (Wildman–Crippen MR) is 83.9 cm³/mol. The highest BCUT2D eigenvalue weighted by molar-refractivity contribution is 5.79. The van der Waals surface area contributed by atoms with Gasteiger partial charge in [0.1, 0.15) is 0 Å². The van der Waals surface area contributed by atoms with Crippen molar-refractivity contribution in [2.75, 3.05) is 19.6 Å². The second kappa shape index (κ2) is 5.91. The van der Waals surface area contributed by atoms with Gasteiger partial charge < -0.3 is 10.2 Å². The van der Waals surface area contributed by atoms with E-state index in [1.54, 1.807) is 0 Å². The van der Waals surface area contributed by atoms with Gasteiger partial charge in [-0.15, -0.1) is 0 Å². The molecule has 0 spiro atoms. The number of nitrogens with zero attached hydrogens (tertiary/aromatic N) is 1. The molecule has 2 heterocycles. The van der Waals surface area contributed by atoms with Crippen LogP contribution >= 0.6 is 0 Å². The van der Waals surface area contributed by atoms with Gasteiger partial charge in [0.05, 0.1) is 0 Å². The lowest BCUT2D eigenvalue weighted by Crippen LogP contribution is -2.44. The molecule has 0 aromatic heterocycles. The third kappa shape index (κ3) is 2.74. The second-order valence-corrected chi connectivity index (χ2v) is 8.02. The van der Waals surface area contributed by atoms with Crippen molar-refractivity contribution in [1.29, 1.82) is 0 Å². The first kappa shape index (κ1) is 14.0. The van der Waals surface area contributed by atoms with Crippen molar-refractivity contribution in [3.05, 3.63) is 0 Å². The maximum atomic E-state index is 12.8. The number of carbonyl (C=O) groups excluding carboxylic acids is 1. The van der Waals surface area contributed by atoms with Crippen molar-refractivity contribution in [3.8, 4) is 0 Å². The fourth-order valence-electron chi connectivity index (χ4n) is 5.69. The number of piperidine rings is 1. The van der Waals surface area contributed by atoms with Gasteiger partial charge in [0.2, 0.25) is 5.91 Å². The molecule has 4 fully saturated rings. The molecule has 2 aliphatic heterocycles. The summed E-state index contributed by atoms with van der Waals surface area (Å²) in [4.78, 5) is 15.1. The molecule has 3 nitrogen and oxygen atoms in total. The van der Waals surface area contributed by atoms with Gasteiger partial charge in [-0.1, -0.05) is 6.42 Å². The molecule has 1 amide bonds. The summed E-state index contributed by atoms with van der Waals surface area (Å²) in [6.07, 6.45) is 11.9. The summed E-state index contributed by atoms with van der Waals surface area (Å²) in [5.41, 5.74) is 0. The second-order valence-electron chi connectivity index (χ2n) is 8.02. The largest absolute Gasteiger partial charge is 0.339 e. The molecule has 2 saturated carbocycles. The first-order valence-electron chi connectivity index (χ1n) is 9.32. The highest BCUT2D eigenvalue weighted by atomic mass is 16.2. The van der Waals surface area contributed by atoms with E-state index < -0.39 is 0 Å². The monoisotopic (exact) mass is 290 g/mol. The fraction of sp³-hybridized carbons (Fsp3) is 0.944. The molecule has 4 atom stereocenters. The maximum Gasteiger partial charge on any atom is 0.226 e. The maximum absolute atomic E-state index is 12.8.